The van der Waals surface area contributed by atoms with Gasteiger partial charge in [-0.1, -0.05) is 394 Å². The summed E-state index contributed by atoms with van der Waals surface area (Å²) in [5, 5.41) is 81.5. The standard InChI is InChI=1S/3C45H28N4Si/c1-47-34-24-27-45(50(35-14-6-3-7-15-35,36-16-8-4-9-17-36)37-18-10-5-11-19-37)39(30-34)33-23-26-44(41(29-33)48-2)49-42-21-13-12-20-38(42)40-28-32(31-46)22-25-43(40)49;1-48-41-26-28-44(50(35-13-5-2-6-14-35,36-15-7-3-8-16-36)37-17-9-4-10-18-37)40(31-47)45(41)33-22-24-34(25-23-33)49-42-20-12-11-19-38(42)39-29-32(30-46)21-27-43(39)49;46-29-32-20-26-43-40(28-32)39-18-10-11-19-42(39)49(43)44-27-23-34(30-47)45(41(44)31-48)33-21-24-38(25-22-33)50(35-12-4-1-5-13-35,36-14-6-2-7-15-36)37-16-8-3-9-17-37/h3-30H;2-29H;1-28H. The third-order valence-electron chi connectivity index (χ3n) is 28.9. The fourth-order valence-electron chi connectivity index (χ4n) is 22.5. The summed E-state index contributed by atoms with van der Waals surface area (Å²) < 4.78 is 6.39. The minimum Gasteiger partial charge on any atom is -0.319 e. The molecule has 24 aromatic rings. The van der Waals surface area contributed by atoms with Gasteiger partial charge >= 0.3 is 0 Å². The van der Waals surface area contributed by atoms with Gasteiger partial charge in [-0.15, -0.1) is 0 Å². The zero-order valence-electron chi connectivity index (χ0n) is 80.9. The Kier molecular flexibility index (Phi) is 25.6. The minimum absolute atomic E-state index is 0.418. The number of nitrogens with zero attached hydrogens (tertiary/aromatic N) is 12. The summed E-state index contributed by atoms with van der Waals surface area (Å²) in [6.45, 7) is 24.6. The van der Waals surface area contributed by atoms with Crippen molar-refractivity contribution in [2.45, 2.75) is 0 Å². The van der Waals surface area contributed by atoms with Crippen LogP contribution in [0.1, 0.15) is 33.4 Å². The van der Waals surface area contributed by atoms with Gasteiger partial charge in [0.05, 0.1) is 122 Å². The quantitative estimate of drug-likeness (QED) is 0.0470. The average Bonchev–Trinajstić information content (AvgIpc) is 1.13. The third-order valence-corrected chi connectivity index (χ3v) is 43.4. The van der Waals surface area contributed by atoms with Crippen LogP contribution < -0.4 is 62.2 Å². The lowest BCUT2D eigenvalue weighted by Gasteiger charge is -2.36. The summed E-state index contributed by atoms with van der Waals surface area (Å²) in [6, 6.07) is 188. The van der Waals surface area contributed by atoms with E-state index in [1.807, 2.05) is 170 Å². The summed E-state index contributed by atoms with van der Waals surface area (Å²) in [6.07, 6.45) is 0. The van der Waals surface area contributed by atoms with Gasteiger partial charge in [-0.05, 0) is 200 Å². The zero-order chi connectivity index (χ0) is 102. The van der Waals surface area contributed by atoms with E-state index in [2.05, 4.69) is 392 Å². The number of nitriles is 6. The van der Waals surface area contributed by atoms with Crippen molar-refractivity contribution < 1.29 is 0 Å². The lowest BCUT2D eigenvalue weighted by molar-refractivity contribution is 1.17. The monoisotopic (exact) mass is 1960 g/mol. The molecule has 150 heavy (non-hydrogen) atoms. The van der Waals surface area contributed by atoms with Crippen LogP contribution in [-0.2, 0) is 0 Å². The molecule has 0 bridgehead atoms. The van der Waals surface area contributed by atoms with Crippen molar-refractivity contribution in [3.05, 3.63) is 577 Å². The molecule has 0 aliphatic carbocycles. The molecule has 0 unspecified atom stereocenters. The van der Waals surface area contributed by atoms with Crippen LogP contribution in [0.25, 0.3) is 130 Å². The number of hydrogen-bond donors (Lipinski definition) is 0. The van der Waals surface area contributed by atoms with Crippen molar-refractivity contribution in [1.82, 2.24) is 13.7 Å². The lowest BCUT2D eigenvalue weighted by atomic mass is 9.94. The fraction of sp³-hybridized carbons (Fsp3) is 0. The Morgan fingerprint density at radius 3 is 0.907 bits per heavy atom. The molecule has 0 atom stereocenters. The topological polar surface area (TPSA) is 171 Å². The second-order valence-electron chi connectivity index (χ2n) is 36.6. The molecule has 12 nitrogen and oxygen atoms in total. The van der Waals surface area contributed by atoms with Gasteiger partial charge in [-0.2, -0.15) is 31.6 Å². The molecule has 0 amide bonds. The van der Waals surface area contributed by atoms with E-state index >= 15 is 0 Å². The number of hydrogen-bond acceptors (Lipinski definition) is 6. The van der Waals surface area contributed by atoms with E-state index in [4.69, 9.17) is 19.7 Å². The van der Waals surface area contributed by atoms with Crippen molar-refractivity contribution in [1.29, 1.82) is 31.6 Å². The second-order valence-corrected chi connectivity index (χ2v) is 48.0. The lowest BCUT2D eigenvalue weighted by Crippen LogP contribution is -2.75. The van der Waals surface area contributed by atoms with Crippen LogP contribution >= 0.6 is 0 Å². The molecule has 3 aromatic heterocycles. The first-order valence-corrected chi connectivity index (χ1v) is 55.0. The summed E-state index contributed by atoms with van der Waals surface area (Å²) in [4.78, 5) is 11.9. The van der Waals surface area contributed by atoms with Gasteiger partial charge in [0, 0.05) is 54.7 Å². The van der Waals surface area contributed by atoms with Crippen LogP contribution in [0.5, 0.6) is 0 Å². The number of rotatable bonds is 18. The Morgan fingerprint density at radius 1 is 0.207 bits per heavy atom. The van der Waals surface area contributed by atoms with Crippen molar-refractivity contribution in [2.75, 3.05) is 0 Å². The van der Waals surface area contributed by atoms with Gasteiger partial charge in [0.2, 0.25) is 5.69 Å². The molecule has 696 valence electrons. The van der Waals surface area contributed by atoms with Crippen molar-refractivity contribution >= 4 is 169 Å². The molecule has 21 aromatic carbocycles. The van der Waals surface area contributed by atoms with Crippen LogP contribution in [0, 0.1) is 87.7 Å². The van der Waals surface area contributed by atoms with Crippen LogP contribution in [0.2, 0.25) is 0 Å². The molecule has 0 N–H and O–H groups in total. The fourth-order valence-corrected chi connectivity index (χ4v) is 37.2. The first-order valence-electron chi connectivity index (χ1n) is 49.0. The molecule has 3 heterocycles. The predicted octanol–water partition coefficient (Wildman–Crippen LogP) is 24.4. The van der Waals surface area contributed by atoms with E-state index in [0.717, 1.165) is 125 Å². The highest BCUT2D eigenvalue weighted by molar-refractivity contribution is 7.21. The Hall–Kier alpha value is -20.9. The summed E-state index contributed by atoms with van der Waals surface area (Å²) in [7, 11) is -8.74. The third kappa shape index (κ3) is 16.2. The van der Waals surface area contributed by atoms with Gasteiger partial charge in [-0.25, -0.2) is 14.5 Å². The Bertz CT molecular complexity index is 9500. The molecule has 0 fully saturated rings. The Morgan fingerprint density at radius 2 is 0.527 bits per heavy atom. The molecule has 0 aliphatic rings. The van der Waals surface area contributed by atoms with Crippen LogP contribution in [0.3, 0.4) is 0 Å². The number of aromatic nitrogens is 3. The predicted molar refractivity (Wildman–Crippen MR) is 617 cm³/mol. The smallest absolute Gasteiger partial charge is 0.211 e. The van der Waals surface area contributed by atoms with Crippen LogP contribution in [0.4, 0.5) is 17.1 Å². The zero-order valence-corrected chi connectivity index (χ0v) is 83.9. The number of benzene rings is 21. The number of fused-ring (bicyclic) bond motifs is 9. The van der Waals surface area contributed by atoms with E-state index < -0.39 is 24.2 Å². The van der Waals surface area contributed by atoms with Gasteiger partial charge < -0.3 is 13.7 Å². The molecule has 15 heteroatoms. The molecule has 0 spiro atoms. The molecule has 0 aliphatic heterocycles. The Balaban J connectivity index is 0.000000127. The normalized spacial score (nSPS) is 11.1. The molecule has 0 saturated carbocycles. The van der Waals surface area contributed by atoms with E-state index in [1.54, 1.807) is 12.1 Å². The van der Waals surface area contributed by atoms with Gasteiger partial charge in [-0.3, -0.25) is 0 Å². The van der Waals surface area contributed by atoms with E-state index in [-0.39, 0.29) is 0 Å². The number of para-hydroxylation sites is 3. The van der Waals surface area contributed by atoms with Crippen molar-refractivity contribution in [2.24, 2.45) is 0 Å². The van der Waals surface area contributed by atoms with Crippen molar-refractivity contribution in [3.8, 4) is 86.9 Å². The molecular weight excluding hydrogens is 1870 g/mol. The first-order chi connectivity index (χ1) is 74.0. The maximum Gasteiger partial charge on any atom is 0.211 e. The average molecular weight is 1960 g/mol. The van der Waals surface area contributed by atoms with E-state index in [1.165, 1.54) is 36.3 Å². The van der Waals surface area contributed by atoms with Gasteiger partial charge in [0.25, 0.3) is 0 Å². The van der Waals surface area contributed by atoms with Crippen molar-refractivity contribution in [3.63, 3.8) is 0 Å². The van der Waals surface area contributed by atoms with E-state index in [0.29, 0.717) is 67.3 Å². The highest BCUT2D eigenvalue weighted by Gasteiger charge is 2.47. The molecule has 0 saturated heterocycles. The molecule has 0 radical (unpaired) electrons. The van der Waals surface area contributed by atoms with Crippen LogP contribution in [-0.4, -0.2) is 37.9 Å². The maximum absolute atomic E-state index is 11.1. The molecular formula is C135H84N12Si3. The second kappa shape index (κ2) is 40.8. The molecule has 24 rings (SSSR count). The Labute approximate surface area is 871 Å². The highest BCUT2D eigenvalue weighted by atomic mass is 28.3. The van der Waals surface area contributed by atoms with Gasteiger partial charge in [0.1, 0.15) is 6.07 Å². The largest absolute Gasteiger partial charge is 0.319 e. The van der Waals surface area contributed by atoms with Gasteiger partial charge in [0.15, 0.2) is 35.6 Å². The summed E-state index contributed by atoms with van der Waals surface area (Å²) in [5.74, 6) is 0. The SMILES string of the molecule is N#Cc1ccc2c(c1)c1ccccc1n2-c1ccc(C#N)c(-c2ccc([Si](c3ccccc3)(c3ccccc3)c3ccccc3)cc2)c1C#N.[C-]#[N+]c1ccc([Si](c2ccccc2)(c2ccccc2)c2ccccc2)c(-c2ccc(-n3c4ccccc4c4cc(C#N)ccc43)c([N+]#[C-])c2)c1.[C-]#[N+]c1ccc([Si](c2ccccc2)(c2ccccc2)c2ccccc2)c(C#N)c1-c1ccc(-n2c3ccccc3c3cc(C#N)ccc32)cc1. The maximum atomic E-state index is 11.1. The minimum atomic E-state index is -3.04. The van der Waals surface area contributed by atoms with E-state index in [9.17, 15) is 31.6 Å². The summed E-state index contributed by atoms with van der Waals surface area (Å²) in [5.41, 5.74) is 17.5. The highest BCUT2D eigenvalue weighted by Crippen LogP contribution is 2.43. The van der Waals surface area contributed by atoms with Crippen LogP contribution in [0.15, 0.2) is 510 Å². The summed E-state index contributed by atoms with van der Waals surface area (Å²) >= 11 is 0. The first kappa shape index (κ1) is 94.0.